The standard InChI is InChI=1S/C19H22FN3OS/c1-24-18-10-5-4-9-17(18)21-19(25)23-12-6-11-22(14-23)13-15-7-2-3-8-16(15)20/h2-5,7-10H,6,11-14H2,1H3,(H,21,25). The Kier molecular flexibility index (Phi) is 5.83. The van der Waals surface area contributed by atoms with Crippen molar-refractivity contribution >= 4 is 23.0 Å². The monoisotopic (exact) mass is 359 g/mol. The minimum atomic E-state index is -0.158. The van der Waals surface area contributed by atoms with E-state index in [0.717, 1.165) is 30.9 Å². The van der Waals surface area contributed by atoms with Crippen LogP contribution in [0.15, 0.2) is 48.5 Å². The number of benzene rings is 2. The Labute approximate surface area is 153 Å². The fraction of sp³-hybridized carbons (Fsp3) is 0.316. The SMILES string of the molecule is COc1ccccc1NC(=S)N1CCCN(Cc2ccccc2F)C1. The zero-order chi connectivity index (χ0) is 17.6. The number of hydrogen-bond acceptors (Lipinski definition) is 3. The van der Waals surface area contributed by atoms with Gasteiger partial charge >= 0.3 is 0 Å². The molecule has 1 aliphatic heterocycles. The van der Waals surface area contributed by atoms with Crippen molar-refractivity contribution in [2.45, 2.75) is 13.0 Å². The Balaban J connectivity index is 1.63. The number of halogens is 1. The second kappa shape index (κ2) is 8.27. The van der Waals surface area contributed by atoms with Gasteiger partial charge in [0.1, 0.15) is 11.6 Å². The molecule has 4 nitrogen and oxygen atoms in total. The number of ether oxygens (including phenoxy) is 1. The Morgan fingerprint density at radius 3 is 2.72 bits per heavy atom. The molecular weight excluding hydrogens is 337 g/mol. The van der Waals surface area contributed by atoms with Crippen LogP contribution in [0.25, 0.3) is 0 Å². The highest BCUT2D eigenvalue weighted by Crippen LogP contribution is 2.24. The van der Waals surface area contributed by atoms with Crippen molar-refractivity contribution in [3.8, 4) is 5.75 Å². The topological polar surface area (TPSA) is 27.7 Å². The molecule has 25 heavy (non-hydrogen) atoms. The molecular formula is C19H22FN3OS. The number of nitrogens with zero attached hydrogens (tertiary/aromatic N) is 2. The van der Waals surface area contributed by atoms with Gasteiger partial charge in [-0.15, -0.1) is 0 Å². The first-order valence-corrected chi connectivity index (χ1v) is 8.73. The molecule has 0 amide bonds. The molecule has 1 saturated heterocycles. The van der Waals surface area contributed by atoms with Crippen molar-refractivity contribution in [2.75, 3.05) is 32.2 Å². The van der Waals surface area contributed by atoms with Gasteiger partial charge < -0.3 is 15.0 Å². The quantitative estimate of drug-likeness (QED) is 0.841. The lowest BCUT2D eigenvalue weighted by atomic mass is 10.2. The second-order valence-corrected chi connectivity index (χ2v) is 6.42. The fourth-order valence-electron chi connectivity index (χ4n) is 2.97. The average Bonchev–Trinajstić information content (AvgIpc) is 2.64. The van der Waals surface area contributed by atoms with Gasteiger partial charge in [-0.3, -0.25) is 4.90 Å². The molecule has 2 aromatic carbocycles. The highest BCUT2D eigenvalue weighted by molar-refractivity contribution is 7.80. The summed E-state index contributed by atoms with van der Waals surface area (Å²) in [6.07, 6.45) is 0.988. The Morgan fingerprint density at radius 1 is 1.16 bits per heavy atom. The van der Waals surface area contributed by atoms with Gasteiger partial charge in [-0.2, -0.15) is 0 Å². The molecule has 132 valence electrons. The summed E-state index contributed by atoms with van der Waals surface area (Å²) in [4.78, 5) is 4.31. The molecule has 0 bridgehead atoms. The molecule has 0 aromatic heterocycles. The summed E-state index contributed by atoms with van der Waals surface area (Å²) >= 11 is 5.57. The Morgan fingerprint density at radius 2 is 1.92 bits per heavy atom. The van der Waals surface area contributed by atoms with E-state index in [0.29, 0.717) is 23.9 Å². The van der Waals surface area contributed by atoms with Crippen molar-refractivity contribution < 1.29 is 9.13 Å². The molecule has 1 heterocycles. The first kappa shape index (κ1) is 17.6. The van der Waals surface area contributed by atoms with Crippen molar-refractivity contribution in [3.63, 3.8) is 0 Å². The predicted octanol–water partition coefficient (Wildman–Crippen LogP) is 3.70. The first-order chi connectivity index (χ1) is 12.2. The minimum absolute atomic E-state index is 0.158. The highest BCUT2D eigenvalue weighted by atomic mass is 32.1. The van der Waals surface area contributed by atoms with Crippen molar-refractivity contribution in [3.05, 3.63) is 59.9 Å². The summed E-state index contributed by atoms with van der Waals surface area (Å²) in [6, 6.07) is 14.6. The smallest absolute Gasteiger partial charge is 0.174 e. The van der Waals surface area contributed by atoms with Crippen LogP contribution in [-0.2, 0) is 6.54 Å². The Bertz CT molecular complexity index is 740. The second-order valence-electron chi connectivity index (χ2n) is 6.03. The molecule has 0 radical (unpaired) electrons. The Hall–Kier alpha value is -2.18. The van der Waals surface area contributed by atoms with Crippen LogP contribution >= 0.6 is 12.2 Å². The third kappa shape index (κ3) is 4.46. The van der Waals surface area contributed by atoms with Gasteiger partial charge in [-0.25, -0.2) is 4.39 Å². The molecule has 3 rings (SSSR count). The molecule has 1 N–H and O–H groups in total. The van der Waals surface area contributed by atoms with Crippen LogP contribution in [0, 0.1) is 5.82 Å². The molecule has 0 saturated carbocycles. The number of para-hydroxylation sites is 2. The van der Waals surface area contributed by atoms with Crippen LogP contribution < -0.4 is 10.1 Å². The largest absolute Gasteiger partial charge is 0.495 e. The van der Waals surface area contributed by atoms with Crippen LogP contribution in [0.2, 0.25) is 0 Å². The predicted molar refractivity (Wildman–Crippen MR) is 102 cm³/mol. The third-order valence-electron chi connectivity index (χ3n) is 4.26. The van der Waals surface area contributed by atoms with Crippen molar-refractivity contribution in [1.82, 2.24) is 9.80 Å². The fourth-order valence-corrected chi connectivity index (χ4v) is 3.23. The number of anilines is 1. The number of methoxy groups -OCH3 is 1. The molecule has 1 aliphatic rings. The van der Waals surface area contributed by atoms with E-state index >= 15 is 0 Å². The van der Waals surface area contributed by atoms with E-state index < -0.39 is 0 Å². The lowest BCUT2D eigenvalue weighted by Crippen LogP contribution is -2.48. The van der Waals surface area contributed by atoms with E-state index in [2.05, 4.69) is 15.1 Å². The zero-order valence-electron chi connectivity index (χ0n) is 14.2. The van der Waals surface area contributed by atoms with E-state index in [-0.39, 0.29) is 5.82 Å². The van der Waals surface area contributed by atoms with Gasteiger partial charge in [0.25, 0.3) is 0 Å². The molecule has 2 aromatic rings. The van der Waals surface area contributed by atoms with Gasteiger partial charge in [0.15, 0.2) is 5.11 Å². The average molecular weight is 359 g/mol. The van der Waals surface area contributed by atoms with E-state index in [9.17, 15) is 4.39 Å². The van der Waals surface area contributed by atoms with E-state index in [4.69, 9.17) is 17.0 Å². The summed E-state index contributed by atoms with van der Waals surface area (Å²) in [6.45, 7) is 3.08. The van der Waals surface area contributed by atoms with Crippen molar-refractivity contribution in [1.29, 1.82) is 0 Å². The molecule has 1 fully saturated rings. The summed E-state index contributed by atoms with van der Waals surface area (Å²) in [5.41, 5.74) is 1.56. The maximum atomic E-state index is 13.9. The minimum Gasteiger partial charge on any atom is -0.495 e. The van der Waals surface area contributed by atoms with Gasteiger partial charge in [0, 0.05) is 25.2 Å². The van der Waals surface area contributed by atoms with E-state index in [1.165, 1.54) is 6.07 Å². The highest BCUT2D eigenvalue weighted by Gasteiger charge is 2.21. The van der Waals surface area contributed by atoms with Gasteiger partial charge in [-0.05, 0) is 36.8 Å². The third-order valence-corrected chi connectivity index (χ3v) is 4.62. The molecule has 0 aliphatic carbocycles. The van der Waals surface area contributed by atoms with Crippen LogP contribution in [0.3, 0.4) is 0 Å². The number of hydrogen-bond donors (Lipinski definition) is 1. The maximum Gasteiger partial charge on any atom is 0.174 e. The van der Waals surface area contributed by atoms with Crippen LogP contribution in [0.5, 0.6) is 5.75 Å². The zero-order valence-corrected chi connectivity index (χ0v) is 15.1. The summed E-state index contributed by atoms with van der Waals surface area (Å²) in [7, 11) is 1.64. The summed E-state index contributed by atoms with van der Waals surface area (Å²) in [5, 5.41) is 3.91. The van der Waals surface area contributed by atoms with Gasteiger partial charge in [-0.1, -0.05) is 30.3 Å². The van der Waals surface area contributed by atoms with Crippen molar-refractivity contribution in [2.24, 2.45) is 0 Å². The number of nitrogens with one attached hydrogen (secondary N) is 1. The number of thiocarbonyl (C=S) groups is 1. The molecule has 0 unspecified atom stereocenters. The van der Waals surface area contributed by atoms with Gasteiger partial charge in [0.05, 0.1) is 19.5 Å². The lowest BCUT2D eigenvalue weighted by Gasteiger charge is -2.37. The van der Waals surface area contributed by atoms with E-state index in [1.54, 1.807) is 13.2 Å². The van der Waals surface area contributed by atoms with Gasteiger partial charge in [0.2, 0.25) is 0 Å². The summed E-state index contributed by atoms with van der Waals surface area (Å²) in [5.74, 6) is 0.597. The lowest BCUT2D eigenvalue weighted by molar-refractivity contribution is 0.132. The number of rotatable bonds is 4. The van der Waals surface area contributed by atoms with Crippen LogP contribution in [0.4, 0.5) is 10.1 Å². The normalized spacial score (nSPS) is 15.0. The van der Waals surface area contributed by atoms with Crippen LogP contribution in [-0.4, -0.2) is 41.8 Å². The maximum absolute atomic E-state index is 13.9. The molecule has 0 atom stereocenters. The first-order valence-electron chi connectivity index (χ1n) is 8.32. The summed E-state index contributed by atoms with van der Waals surface area (Å²) < 4.78 is 19.2. The molecule has 6 heteroatoms. The molecule has 0 spiro atoms. The van der Waals surface area contributed by atoms with E-state index in [1.807, 2.05) is 36.4 Å². The van der Waals surface area contributed by atoms with Crippen LogP contribution in [0.1, 0.15) is 12.0 Å².